The van der Waals surface area contributed by atoms with Gasteiger partial charge in [0.2, 0.25) is 22.4 Å². The highest BCUT2D eigenvalue weighted by Gasteiger charge is 2.27. The molecule has 0 radical (unpaired) electrons. The molecule has 12 heteroatoms. The Bertz CT molecular complexity index is 2250. The largest absolute Gasteiger partial charge is 0.508 e. The Hall–Kier alpha value is -6.30. The van der Waals surface area contributed by atoms with Crippen LogP contribution in [0.3, 0.4) is 0 Å². The van der Waals surface area contributed by atoms with E-state index in [-0.39, 0.29) is 73.1 Å². The van der Waals surface area contributed by atoms with E-state index in [1.165, 1.54) is 56.7 Å². The molecule has 0 spiro atoms. The predicted molar refractivity (Wildman–Crippen MR) is 158 cm³/mol. The first-order valence-electron chi connectivity index (χ1n) is 12.8. The molecule has 0 saturated carbocycles. The summed E-state index contributed by atoms with van der Waals surface area (Å²) in [5.41, 5.74) is -1.84. The fourth-order valence-electron chi connectivity index (χ4n) is 5.09. The van der Waals surface area contributed by atoms with Gasteiger partial charge in [0.15, 0.2) is 17.1 Å². The molecular formula is C32H22O12. The molecule has 222 valence electrons. The molecule has 4 aromatic carbocycles. The van der Waals surface area contributed by atoms with Gasteiger partial charge in [0.25, 0.3) is 0 Å². The number of hydrogen-bond donors (Lipinski definition) is 6. The van der Waals surface area contributed by atoms with Gasteiger partial charge in [0.05, 0.1) is 19.8 Å². The lowest BCUT2D eigenvalue weighted by molar-refractivity contribution is 0.397. The standard InChI is InChI=1S/C32H22O12/c1-41-31-26(39)24-19(36)10-16(34)11-22(24)43-29(31)14-5-8-18(35)17(9-14)23-20(37)12-21(38)25-27(40)32(42-2)28(44-30(23)25)13-3-6-15(33)7-4-13/h3-12,33-38H,1-2H3. The molecule has 0 amide bonds. The van der Waals surface area contributed by atoms with Crippen LogP contribution >= 0.6 is 0 Å². The van der Waals surface area contributed by atoms with Crippen LogP contribution in [-0.2, 0) is 0 Å². The summed E-state index contributed by atoms with van der Waals surface area (Å²) in [5, 5.41) is 62.1. The molecule has 0 aliphatic rings. The third kappa shape index (κ3) is 4.24. The van der Waals surface area contributed by atoms with Crippen LogP contribution in [0.5, 0.6) is 46.0 Å². The molecule has 0 unspecified atom stereocenters. The molecule has 0 aliphatic heterocycles. The van der Waals surface area contributed by atoms with Crippen LogP contribution in [0.15, 0.2) is 79.1 Å². The van der Waals surface area contributed by atoms with Crippen molar-refractivity contribution in [1.29, 1.82) is 0 Å². The number of phenolic OH excluding ortho intramolecular Hbond substituents is 6. The van der Waals surface area contributed by atoms with Crippen molar-refractivity contribution in [3.05, 3.63) is 81.1 Å². The number of methoxy groups -OCH3 is 2. The number of aromatic hydroxyl groups is 6. The highest BCUT2D eigenvalue weighted by Crippen LogP contribution is 2.47. The van der Waals surface area contributed by atoms with Crippen molar-refractivity contribution in [2.75, 3.05) is 14.2 Å². The predicted octanol–water partition coefficient (Wildman–Crippen LogP) is 5.15. The second-order valence-electron chi connectivity index (χ2n) is 9.70. The molecule has 0 bridgehead atoms. The van der Waals surface area contributed by atoms with Crippen LogP contribution in [0.2, 0.25) is 0 Å². The van der Waals surface area contributed by atoms with E-state index in [2.05, 4.69) is 0 Å². The minimum absolute atomic E-state index is 0.0465. The first-order chi connectivity index (χ1) is 21.0. The Morgan fingerprint density at radius 3 is 1.82 bits per heavy atom. The molecule has 6 aromatic rings. The maximum atomic E-state index is 13.6. The van der Waals surface area contributed by atoms with Crippen molar-refractivity contribution in [1.82, 2.24) is 0 Å². The van der Waals surface area contributed by atoms with E-state index >= 15 is 0 Å². The van der Waals surface area contributed by atoms with E-state index in [1.54, 1.807) is 0 Å². The zero-order valence-electron chi connectivity index (χ0n) is 22.9. The Balaban J connectivity index is 1.68. The van der Waals surface area contributed by atoms with Crippen molar-refractivity contribution in [2.45, 2.75) is 0 Å². The summed E-state index contributed by atoms with van der Waals surface area (Å²) < 4.78 is 22.6. The fraction of sp³-hybridized carbons (Fsp3) is 0.0625. The summed E-state index contributed by atoms with van der Waals surface area (Å²) in [5.74, 6) is -3.33. The number of hydrogen-bond acceptors (Lipinski definition) is 12. The average molecular weight is 599 g/mol. The van der Waals surface area contributed by atoms with Gasteiger partial charge in [-0.3, -0.25) is 9.59 Å². The third-order valence-electron chi connectivity index (χ3n) is 7.07. The summed E-state index contributed by atoms with van der Waals surface area (Å²) >= 11 is 0. The second kappa shape index (κ2) is 10.2. The molecular weight excluding hydrogens is 576 g/mol. The van der Waals surface area contributed by atoms with Gasteiger partial charge in [0.1, 0.15) is 50.9 Å². The molecule has 44 heavy (non-hydrogen) atoms. The van der Waals surface area contributed by atoms with Gasteiger partial charge in [-0.2, -0.15) is 0 Å². The van der Waals surface area contributed by atoms with Crippen LogP contribution in [0.4, 0.5) is 0 Å². The highest BCUT2D eigenvalue weighted by atomic mass is 16.5. The zero-order chi connectivity index (χ0) is 31.4. The van der Waals surface area contributed by atoms with Crippen LogP contribution in [0.1, 0.15) is 0 Å². The first-order valence-corrected chi connectivity index (χ1v) is 12.8. The maximum Gasteiger partial charge on any atom is 0.239 e. The topological polar surface area (TPSA) is 200 Å². The molecule has 0 saturated heterocycles. The summed E-state index contributed by atoms with van der Waals surface area (Å²) in [6.07, 6.45) is 0. The highest BCUT2D eigenvalue weighted by molar-refractivity contribution is 6.02. The lowest BCUT2D eigenvalue weighted by Crippen LogP contribution is -2.08. The Kier molecular flexibility index (Phi) is 6.46. The summed E-state index contributed by atoms with van der Waals surface area (Å²) in [6, 6.07) is 12.6. The minimum atomic E-state index is -0.784. The van der Waals surface area contributed by atoms with Crippen molar-refractivity contribution >= 4 is 21.9 Å². The quantitative estimate of drug-likeness (QED) is 0.153. The molecule has 6 N–H and O–H groups in total. The van der Waals surface area contributed by atoms with E-state index in [0.29, 0.717) is 5.56 Å². The Labute approximate surface area is 246 Å². The van der Waals surface area contributed by atoms with E-state index in [0.717, 1.165) is 18.2 Å². The number of rotatable bonds is 5. The molecule has 6 rings (SSSR count). The van der Waals surface area contributed by atoms with Crippen LogP contribution in [0, 0.1) is 0 Å². The van der Waals surface area contributed by atoms with Gasteiger partial charge in [-0.05, 0) is 42.5 Å². The van der Waals surface area contributed by atoms with Gasteiger partial charge in [0, 0.05) is 34.9 Å². The van der Waals surface area contributed by atoms with Gasteiger partial charge in [-0.25, -0.2) is 0 Å². The van der Waals surface area contributed by atoms with Crippen molar-refractivity contribution in [3.8, 4) is 79.8 Å². The maximum absolute atomic E-state index is 13.6. The number of benzene rings is 4. The van der Waals surface area contributed by atoms with Crippen LogP contribution in [-0.4, -0.2) is 44.9 Å². The Morgan fingerprint density at radius 2 is 1.16 bits per heavy atom. The molecule has 0 fully saturated rings. The molecule has 0 atom stereocenters. The normalized spacial score (nSPS) is 11.2. The van der Waals surface area contributed by atoms with E-state index < -0.39 is 33.9 Å². The fourth-order valence-corrected chi connectivity index (χ4v) is 5.09. The second-order valence-corrected chi connectivity index (χ2v) is 9.70. The van der Waals surface area contributed by atoms with Crippen molar-refractivity contribution in [3.63, 3.8) is 0 Å². The van der Waals surface area contributed by atoms with Gasteiger partial charge in [-0.15, -0.1) is 0 Å². The summed E-state index contributed by atoms with van der Waals surface area (Å²) in [7, 11) is 2.45. The molecule has 0 aliphatic carbocycles. The average Bonchev–Trinajstić information content (AvgIpc) is 2.97. The van der Waals surface area contributed by atoms with Crippen molar-refractivity contribution < 1.29 is 48.9 Å². The molecule has 12 nitrogen and oxygen atoms in total. The van der Waals surface area contributed by atoms with E-state index in [9.17, 15) is 40.2 Å². The number of phenols is 6. The van der Waals surface area contributed by atoms with Crippen LogP contribution in [0.25, 0.3) is 55.7 Å². The number of fused-ring (bicyclic) bond motifs is 2. The molecule has 2 heterocycles. The van der Waals surface area contributed by atoms with Gasteiger partial charge >= 0.3 is 0 Å². The summed E-state index contributed by atoms with van der Waals surface area (Å²) in [6.45, 7) is 0. The smallest absolute Gasteiger partial charge is 0.239 e. The monoisotopic (exact) mass is 598 g/mol. The first kappa shape index (κ1) is 27.8. The third-order valence-corrected chi connectivity index (χ3v) is 7.07. The van der Waals surface area contributed by atoms with Gasteiger partial charge < -0.3 is 48.9 Å². The lowest BCUT2D eigenvalue weighted by Gasteiger charge is -2.16. The van der Waals surface area contributed by atoms with E-state index in [1.807, 2.05) is 0 Å². The van der Waals surface area contributed by atoms with E-state index in [4.69, 9.17) is 18.3 Å². The Morgan fingerprint density at radius 1 is 0.568 bits per heavy atom. The minimum Gasteiger partial charge on any atom is -0.508 e. The van der Waals surface area contributed by atoms with Gasteiger partial charge in [-0.1, -0.05) is 0 Å². The van der Waals surface area contributed by atoms with Crippen LogP contribution < -0.4 is 20.3 Å². The van der Waals surface area contributed by atoms with Crippen molar-refractivity contribution in [2.24, 2.45) is 0 Å². The lowest BCUT2D eigenvalue weighted by atomic mass is 9.96. The molecule has 2 aromatic heterocycles. The zero-order valence-corrected chi connectivity index (χ0v) is 22.9. The SMILES string of the molecule is COc1c(-c2ccc(O)c(-c3c(O)cc(O)c4c(=O)c(OC)c(-c5ccc(O)cc5)oc34)c2)oc2cc(O)cc(O)c2c1=O. The summed E-state index contributed by atoms with van der Waals surface area (Å²) in [4.78, 5) is 26.8. The number of ether oxygens (including phenoxy) is 2.